The van der Waals surface area contributed by atoms with E-state index in [4.69, 9.17) is 5.84 Å². The monoisotopic (exact) mass is 275 g/mol. The number of carbonyl (C=O) groups excluding carboxylic acids is 4. The SMILES string of the molecule is NN(C(=O)c1ccccc1C=O)C1CCC(=O)NC1=O. The lowest BCUT2D eigenvalue weighted by atomic mass is 10.0. The highest BCUT2D eigenvalue weighted by atomic mass is 16.2. The van der Waals surface area contributed by atoms with Crippen molar-refractivity contribution in [1.29, 1.82) is 0 Å². The quantitative estimate of drug-likeness (QED) is 0.257. The highest BCUT2D eigenvalue weighted by Crippen LogP contribution is 2.14. The molecular formula is C13H13N3O4. The Kier molecular flexibility index (Phi) is 3.90. The van der Waals surface area contributed by atoms with Gasteiger partial charge < -0.3 is 0 Å². The fraction of sp³-hybridized carbons (Fsp3) is 0.231. The maximum atomic E-state index is 12.2. The number of hydrogen-bond donors (Lipinski definition) is 2. The summed E-state index contributed by atoms with van der Waals surface area (Å²) in [6.45, 7) is 0. The lowest BCUT2D eigenvalue weighted by Crippen LogP contribution is -2.57. The van der Waals surface area contributed by atoms with Gasteiger partial charge in [0.05, 0.1) is 5.56 Å². The van der Waals surface area contributed by atoms with Crippen LogP contribution in [0.2, 0.25) is 0 Å². The first kappa shape index (κ1) is 13.9. The first-order valence-electron chi connectivity index (χ1n) is 6.00. The van der Waals surface area contributed by atoms with E-state index in [2.05, 4.69) is 5.32 Å². The molecule has 104 valence electrons. The molecule has 0 spiro atoms. The van der Waals surface area contributed by atoms with E-state index in [1.807, 2.05) is 0 Å². The van der Waals surface area contributed by atoms with Gasteiger partial charge in [0.25, 0.3) is 11.8 Å². The molecule has 3 amide bonds. The molecular weight excluding hydrogens is 262 g/mol. The number of nitrogens with two attached hydrogens (primary N) is 1. The number of nitrogens with one attached hydrogen (secondary N) is 1. The second-order valence-corrected chi connectivity index (χ2v) is 4.38. The van der Waals surface area contributed by atoms with Gasteiger partial charge >= 0.3 is 0 Å². The third kappa shape index (κ3) is 2.57. The summed E-state index contributed by atoms with van der Waals surface area (Å²) in [5, 5.41) is 2.89. The summed E-state index contributed by atoms with van der Waals surface area (Å²) in [6.07, 6.45) is 0.828. The predicted octanol–water partition coefficient (Wildman–Crippen LogP) is -0.380. The summed E-state index contributed by atoms with van der Waals surface area (Å²) >= 11 is 0. The minimum Gasteiger partial charge on any atom is -0.298 e. The first-order chi connectivity index (χ1) is 9.54. The Labute approximate surface area is 114 Å². The van der Waals surface area contributed by atoms with Crippen LogP contribution in [0.25, 0.3) is 0 Å². The standard InChI is InChI=1S/C13H13N3O4/c14-16(10-5-6-11(18)15-12(10)19)13(20)9-4-2-1-3-8(9)7-17/h1-4,7,10H,5-6,14H2,(H,15,18,19). The molecule has 1 unspecified atom stereocenters. The van der Waals surface area contributed by atoms with E-state index < -0.39 is 17.9 Å². The van der Waals surface area contributed by atoms with Crippen molar-refractivity contribution in [1.82, 2.24) is 10.3 Å². The van der Waals surface area contributed by atoms with Crippen LogP contribution >= 0.6 is 0 Å². The molecule has 1 saturated heterocycles. The molecule has 0 aromatic heterocycles. The van der Waals surface area contributed by atoms with Crippen LogP contribution in [0.15, 0.2) is 24.3 Å². The summed E-state index contributed by atoms with van der Waals surface area (Å²) in [5.74, 6) is 4.04. The smallest absolute Gasteiger partial charge is 0.269 e. The second-order valence-electron chi connectivity index (χ2n) is 4.38. The number of piperidine rings is 1. The van der Waals surface area contributed by atoms with E-state index in [1.165, 1.54) is 12.1 Å². The molecule has 1 aromatic rings. The number of hydrazine groups is 1. The number of benzene rings is 1. The number of amides is 3. The Morgan fingerprint density at radius 2 is 2.05 bits per heavy atom. The van der Waals surface area contributed by atoms with E-state index >= 15 is 0 Å². The Hall–Kier alpha value is -2.54. The van der Waals surface area contributed by atoms with Crippen LogP contribution in [0.3, 0.4) is 0 Å². The highest BCUT2D eigenvalue weighted by Gasteiger charge is 2.33. The zero-order valence-corrected chi connectivity index (χ0v) is 10.5. The largest absolute Gasteiger partial charge is 0.298 e. The molecule has 0 bridgehead atoms. The van der Waals surface area contributed by atoms with Crippen molar-refractivity contribution in [3.05, 3.63) is 35.4 Å². The van der Waals surface area contributed by atoms with Gasteiger partial charge in [0.1, 0.15) is 6.04 Å². The number of aldehydes is 1. The van der Waals surface area contributed by atoms with Crippen LogP contribution in [0.5, 0.6) is 0 Å². The summed E-state index contributed by atoms with van der Waals surface area (Å²) < 4.78 is 0. The highest BCUT2D eigenvalue weighted by molar-refractivity contribution is 6.05. The fourth-order valence-electron chi connectivity index (χ4n) is 2.02. The number of carbonyl (C=O) groups is 4. The lowest BCUT2D eigenvalue weighted by Gasteiger charge is -2.29. The van der Waals surface area contributed by atoms with Crippen molar-refractivity contribution in [3.8, 4) is 0 Å². The second kappa shape index (κ2) is 5.62. The zero-order chi connectivity index (χ0) is 14.7. The van der Waals surface area contributed by atoms with Gasteiger partial charge in [0.15, 0.2) is 6.29 Å². The Morgan fingerprint density at radius 3 is 2.70 bits per heavy atom. The van der Waals surface area contributed by atoms with Crippen molar-refractivity contribution >= 4 is 24.0 Å². The summed E-state index contributed by atoms with van der Waals surface area (Å²) in [5.41, 5.74) is 0.315. The van der Waals surface area contributed by atoms with E-state index in [9.17, 15) is 19.2 Å². The van der Waals surface area contributed by atoms with Crippen molar-refractivity contribution in [2.75, 3.05) is 0 Å². The van der Waals surface area contributed by atoms with Crippen LogP contribution in [-0.2, 0) is 9.59 Å². The van der Waals surface area contributed by atoms with Crippen LogP contribution in [0.1, 0.15) is 33.6 Å². The average Bonchev–Trinajstić information content (AvgIpc) is 2.45. The van der Waals surface area contributed by atoms with Crippen molar-refractivity contribution in [2.45, 2.75) is 18.9 Å². The molecule has 3 N–H and O–H groups in total. The minimum absolute atomic E-state index is 0.118. The average molecular weight is 275 g/mol. The van der Waals surface area contributed by atoms with E-state index in [1.54, 1.807) is 12.1 Å². The molecule has 2 rings (SSSR count). The minimum atomic E-state index is -0.917. The van der Waals surface area contributed by atoms with Gasteiger partial charge in [-0.15, -0.1) is 0 Å². The fourth-order valence-corrected chi connectivity index (χ4v) is 2.02. The van der Waals surface area contributed by atoms with Crippen LogP contribution in [0, 0.1) is 0 Å². The van der Waals surface area contributed by atoms with E-state index in [0.29, 0.717) is 6.29 Å². The molecule has 0 aliphatic carbocycles. The van der Waals surface area contributed by atoms with Gasteiger partial charge in [0, 0.05) is 12.0 Å². The normalized spacial score (nSPS) is 18.4. The maximum absolute atomic E-state index is 12.2. The molecule has 0 radical (unpaired) electrons. The van der Waals surface area contributed by atoms with Crippen LogP contribution in [-0.4, -0.2) is 35.1 Å². The molecule has 20 heavy (non-hydrogen) atoms. The molecule has 7 heteroatoms. The molecule has 0 saturated carbocycles. The molecule has 1 heterocycles. The zero-order valence-electron chi connectivity index (χ0n) is 10.5. The maximum Gasteiger partial charge on any atom is 0.269 e. The Balaban J connectivity index is 2.22. The first-order valence-corrected chi connectivity index (χ1v) is 6.00. The summed E-state index contributed by atoms with van der Waals surface area (Å²) in [7, 11) is 0. The van der Waals surface area contributed by atoms with E-state index in [-0.39, 0.29) is 29.9 Å². The van der Waals surface area contributed by atoms with Gasteiger partial charge in [-0.3, -0.25) is 29.5 Å². The van der Waals surface area contributed by atoms with Gasteiger partial charge in [-0.25, -0.2) is 5.84 Å². The molecule has 1 atom stereocenters. The third-order valence-corrected chi connectivity index (χ3v) is 3.10. The molecule has 1 aliphatic heterocycles. The number of nitrogens with zero attached hydrogens (tertiary/aromatic N) is 1. The number of hydrogen-bond acceptors (Lipinski definition) is 5. The van der Waals surface area contributed by atoms with Gasteiger partial charge in [0.2, 0.25) is 5.91 Å². The number of imide groups is 1. The van der Waals surface area contributed by atoms with Crippen molar-refractivity contribution in [2.24, 2.45) is 5.84 Å². The number of rotatable bonds is 3. The summed E-state index contributed by atoms with van der Waals surface area (Å²) in [4.78, 5) is 45.9. The lowest BCUT2D eigenvalue weighted by molar-refractivity contribution is -0.136. The van der Waals surface area contributed by atoms with Gasteiger partial charge in [-0.2, -0.15) is 0 Å². The topological polar surface area (TPSA) is 110 Å². The van der Waals surface area contributed by atoms with Gasteiger partial charge in [-0.05, 0) is 12.5 Å². The molecule has 1 aliphatic rings. The third-order valence-electron chi connectivity index (χ3n) is 3.10. The van der Waals surface area contributed by atoms with E-state index in [0.717, 1.165) is 5.01 Å². The van der Waals surface area contributed by atoms with Crippen LogP contribution in [0.4, 0.5) is 0 Å². The Morgan fingerprint density at radius 1 is 1.35 bits per heavy atom. The molecule has 1 fully saturated rings. The molecule has 7 nitrogen and oxygen atoms in total. The molecule has 1 aromatic carbocycles. The van der Waals surface area contributed by atoms with Crippen LogP contribution < -0.4 is 11.2 Å². The Bertz CT molecular complexity index is 585. The predicted molar refractivity (Wildman–Crippen MR) is 68.4 cm³/mol. The summed E-state index contributed by atoms with van der Waals surface area (Å²) in [6, 6.07) is 5.24. The van der Waals surface area contributed by atoms with Crippen molar-refractivity contribution < 1.29 is 19.2 Å². The van der Waals surface area contributed by atoms with Gasteiger partial charge in [-0.1, -0.05) is 18.2 Å². The van der Waals surface area contributed by atoms with Crippen molar-refractivity contribution in [3.63, 3.8) is 0 Å².